The number of nitrogens with zero attached hydrogens (tertiary/aromatic N) is 3. The largest absolute Gasteiger partial charge is 0.504 e. The van der Waals surface area contributed by atoms with Crippen molar-refractivity contribution in [3.63, 3.8) is 0 Å². The molecule has 0 bridgehead atoms. The van der Waals surface area contributed by atoms with Crippen LogP contribution in [0.4, 0.5) is 8.78 Å². The summed E-state index contributed by atoms with van der Waals surface area (Å²) in [6, 6.07) is 6.16. The summed E-state index contributed by atoms with van der Waals surface area (Å²) in [5.74, 6) is -0.937. The summed E-state index contributed by atoms with van der Waals surface area (Å²) < 4.78 is 40.9. The maximum absolute atomic E-state index is 14.8. The van der Waals surface area contributed by atoms with Crippen LogP contribution < -0.4 is 10.3 Å². The lowest BCUT2D eigenvalue weighted by Gasteiger charge is -2.15. The smallest absolute Gasteiger partial charge is 0.263 e. The number of rotatable bonds is 5. The van der Waals surface area contributed by atoms with Crippen molar-refractivity contribution in [3.8, 4) is 22.9 Å². The van der Waals surface area contributed by atoms with Gasteiger partial charge in [-0.15, -0.1) is 11.3 Å². The minimum absolute atomic E-state index is 0.0133. The maximum atomic E-state index is 14.8. The van der Waals surface area contributed by atoms with E-state index in [1.165, 1.54) is 17.2 Å². The fraction of sp³-hybridized carbons (Fsp3) is 0.208. The van der Waals surface area contributed by atoms with Crippen molar-refractivity contribution >= 4 is 31.6 Å². The molecule has 0 saturated heterocycles. The fourth-order valence-corrected chi connectivity index (χ4v) is 5.38. The highest BCUT2D eigenvalue weighted by Crippen LogP contribution is 2.46. The zero-order valence-corrected chi connectivity index (χ0v) is 18.7. The lowest BCUT2D eigenvalue weighted by Crippen LogP contribution is -2.24. The molecule has 1 N–H and O–H groups in total. The highest BCUT2D eigenvalue weighted by Gasteiger charge is 2.30. The normalized spacial score (nSPS) is 13.7. The van der Waals surface area contributed by atoms with Crippen molar-refractivity contribution in [2.45, 2.75) is 25.3 Å². The zero-order valence-electron chi connectivity index (χ0n) is 17.8. The number of ether oxygens (including phenoxy) is 1. The molecule has 2 aromatic carbocycles. The first-order valence-corrected chi connectivity index (χ1v) is 11.4. The second kappa shape index (κ2) is 7.63. The average molecular weight is 481 g/mol. The van der Waals surface area contributed by atoms with Gasteiger partial charge in [0.25, 0.3) is 5.56 Å². The van der Waals surface area contributed by atoms with Crippen LogP contribution in [0.3, 0.4) is 0 Å². The summed E-state index contributed by atoms with van der Waals surface area (Å²) in [6.07, 6.45) is 4.77. The third kappa shape index (κ3) is 3.17. The third-order valence-electron chi connectivity index (χ3n) is 6.06. The molecule has 3 heterocycles. The molecule has 0 unspecified atom stereocenters. The molecule has 10 heteroatoms. The first-order valence-electron chi connectivity index (χ1n) is 10.6. The number of thiophene rings is 1. The monoisotopic (exact) mass is 481 g/mol. The predicted molar refractivity (Wildman–Crippen MR) is 123 cm³/mol. The summed E-state index contributed by atoms with van der Waals surface area (Å²) >= 11 is 0.879. The summed E-state index contributed by atoms with van der Waals surface area (Å²) in [6.45, 7) is 0.0133. The Morgan fingerprint density at radius 3 is 2.76 bits per heavy atom. The molecule has 7 nitrogen and oxygen atoms in total. The number of hydrogen-bond acceptors (Lipinski definition) is 7. The Morgan fingerprint density at radius 2 is 2.06 bits per heavy atom. The van der Waals surface area contributed by atoms with Crippen LogP contribution in [-0.4, -0.2) is 26.8 Å². The molecule has 0 spiro atoms. The number of phenols is 1. The number of hydrogen-bond donors (Lipinski definition) is 1. The highest BCUT2D eigenvalue weighted by molar-refractivity contribution is 7.25. The topological polar surface area (TPSA) is 90.4 Å². The van der Waals surface area contributed by atoms with E-state index in [0.29, 0.717) is 29.3 Å². The maximum Gasteiger partial charge on any atom is 0.263 e. The molecule has 0 aliphatic heterocycles. The van der Waals surface area contributed by atoms with Gasteiger partial charge in [-0.2, -0.15) is 0 Å². The molecule has 0 radical (unpaired) electrons. The summed E-state index contributed by atoms with van der Waals surface area (Å²) in [5.41, 5.74) is 1.22. The Bertz CT molecular complexity index is 1640. The number of oxazole rings is 1. The highest BCUT2D eigenvalue weighted by atomic mass is 32.1. The molecule has 1 fully saturated rings. The van der Waals surface area contributed by atoms with Gasteiger partial charge in [-0.3, -0.25) is 9.36 Å². The van der Waals surface area contributed by atoms with Crippen LogP contribution in [0, 0.1) is 11.6 Å². The van der Waals surface area contributed by atoms with Crippen molar-refractivity contribution < 1.29 is 23.0 Å². The van der Waals surface area contributed by atoms with E-state index in [2.05, 4.69) is 4.98 Å². The molecule has 5 aromatic rings. The minimum Gasteiger partial charge on any atom is -0.504 e. The van der Waals surface area contributed by atoms with E-state index < -0.39 is 22.9 Å². The Morgan fingerprint density at radius 1 is 1.24 bits per heavy atom. The summed E-state index contributed by atoms with van der Waals surface area (Å²) in [4.78, 5) is 22.7. The molecule has 0 amide bonds. The Hall–Kier alpha value is -3.79. The van der Waals surface area contributed by atoms with Gasteiger partial charge in [-0.05, 0) is 42.5 Å². The molecule has 172 valence electrons. The Kier molecular flexibility index (Phi) is 4.66. The van der Waals surface area contributed by atoms with Crippen LogP contribution in [0.2, 0.25) is 0 Å². The van der Waals surface area contributed by atoms with Gasteiger partial charge in [0.1, 0.15) is 28.0 Å². The van der Waals surface area contributed by atoms with Gasteiger partial charge in [0.05, 0.1) is 29.9 Å². The lowest BCUT2D eigenvalue weighted by molar-refractivity contribution is 0.414. The van der Waals surface area contributed by atoms with Crippen molar-refractivity contribution in [1.29, 1.82) is 0 Å². The summed E-state index contributed by atoms with van der Waals surface area (Å²) in [5, 5.41) is 10.1. The second-order valence-corrected chi connectivity index (χ2v) is 9.20. The van der Waals surface area contributed by atoms with Crippen LogP contribution in [0.1, 0.15) is 30.1 Å². The predicted octanol–water partition coefficient (Wildman–Crippen LogP) is 5.18. The zero-order chi connectivity index (χ0) is 23.6. The molecule has 3 aromatic heterocycles. The Labute approximate surface area is 194 Å². The van der Waals surface area contributed by atoms with E-state index in [0.717, 1.165) is 35.3 Å². The molecule has 1 aliphatic rings. The standard InChI is InChI=1S/C24H17F2N3O4S/c1-32-12-4-5-14(15(6-12)11-2-3-11)22-28-23-19(24(31)29(22)9-13-8-27-10-33-13)18-16(25)7-17(26)20(30)21(18)34-23/h4-8,10-11,30H,2-3,9H2,1H3. The SMILES string of the molecule is COc1ccc(-c2nc3sc4c(O)c(F)cc(F)c4c3c(=O)n2Cc2cnco2)c(C2CC2)c1. The van der Waals surface area contributed by atoms with Crippen molar-refractivity contribution in [3.05, 3.63) is 70.2 Å². The Balaban J connectivity index is 1.70. The van der Waals surface area contributed by atoms with Gasteiger partial charge in [-0.1, -0.05) is 0 Å². The van der Waals surface area contributed by atoms with Gasteiger partial charge in [-0.25, -0.2) is 18.7 Å². The van der Waals surface area contributed by atoms with Gasteiger partial charge in [0, 0.05) is 17.0 Å². The third-order valence-corrected chi connectivity index (χ3v) is 7.15. The first-order chi connectivity index (χ1) is 16.5. The van der Waals surface area contributed by atoms with Gasteiger partial charge in [0.2, 0.25) is 0 Å². The number of benzene rings is 2. The molecule has 34 heavy (non-hydrogen) atoms. The van der Waals surface area contributed by atoms with Crippen LogP contribution in [0.5, 0.6) is 11.5 Å². The van der Waals surface area contributed by atoms with Crippen molar-refractivity contribution in [2.24, 2.45) is 0 Å². The molecule has 1 saturated carbocycles. The molecule has 1 aliphatic carbocycles. The number of aromatic hydroxyl groups is 1. The number of methoxy groups -OCH3 is 1. The van der Waals surface area contributed by atoms with E-state index in [-0.39, 0.29) is 26.8 Å². The lowest BCUT2D eigenvalue weighted by atomic mass is 10.0. The average Bonchev–Trinajstić information content (AvgIpc) is 3.40. The van der Waals surface area contributed by atoms with E-state index in [1.807, 2.05) is 12.1 Å². The van der Waals surface area contributed by atoms with Crippen LogP contribution in [0.25, 0.3) is 31.7 Å². The number of halogens is 2. The van der Waals surface area contributed by atoms with E-state index in [9.17, 15) is 18.7 Å². The van der Waals surface area contributed by atoms with Crippen molar-refractivity contribution in [1.82, 2.24) is 14.5 Å². The second-order valence-electron chi connectivity index (χ2n) is 8.20. The molecular formula is C24H17F2N3O4S. The summed E-state index contributed by atoms with van der Waals surface area (Å²) in [7, 11) is 1.59. The van der Waals surface area contributed by atoms with E-state index >= 15 is 0 Å². The van der Waals surface area contributed by atoms with Gasteiger partial charge >= 0.3 is 0 Å². The quantitative estimate of drug-likeness (QED) is 0.372. The van der Waals surface area contributed by atoms with Crippen molar-refractivity contribution in [2.75, 3.05) is 7.11 Å². The van der Waals surface area contributed by atoms with Crippen LogP contribution in [-0.2, 0) is 6.54 Å². The molecule has 6 rings (SSSR count). The van der Waals surface area contributed by atoms with Crippen LogP contribution >= 0.6 is 11.3 Å². The minimum atomic E-state index is -1.09. The van der Waals surface area contributed by atoms with Gasteiger partial charge in [0.15, 0.2) is 18.0 Å². The first kappa shape index (κ1) is 20.8. The van der Waals surface area contributed by atoms with E-state index in [4.69, 9.17) is 14.1 Å². The van der Waals surface area contributed by atoms with Gasteiger partial charge < -0.3 is 14.3 Å². The molecular weight excluding hydrogens is 464 g/mol. The van der Waals surface area contributed by atoms with E-state index in [1.54, 1.807) is 13.2 Å². The fourth-order valence-electron chi connectivity index (χ4n) is 4.27. The number of aromatic nitrogens is 3. The van der Waals surface area contributed by atoms with Crippen LogP contribution in [0.15, 0.2) is 46.1 Å². The molecule has 0 atom stereocenters. The number of phenolic OH excluding ortho intramolecular Hbond substituents is 1. The number of fused-ring (bicyclic) bond motifs is 3.